The van der Waals surface area contributed by atoms with Gasteiger partial charge in [-0.15, -0.1) is 0 Å². The third-order valence-electron chi connectivity index (χ3n) is 6.96. The topological polar surface area (TPSA) is 171 Å². The van der Waals surface area contributed by atoms with Crippen molar-refractivity contribution < 1.29 is 44.7 Å². The van der Waals surface area contributed by atoms with Gasteiger partial charge >= 0.3 is 17.9 Å². The Morgan fingerprint density at radius 1 is 0.844 bits per heavy atom. The first kappa shape index (κ1) is 26.4. The quantitative estimate of drug-likeness (QED) is 0.194. The van der Waals surface area contributed by atoms with Gasteiger partial charge in [0.15, 0.2) is 0 Å². The average Bonchev–Trinajstić information content (AvgIpc) is 2.93. The zero-order valence-electron chi connectivity index (χ0n) is 18.9. The largest absolute Gasteiger partial charge is 0.481 e. The maximum absolute atomic E-state index is 11.6. The molecule has 0 saturated heterocycles. The van der Waals surface area contributed by atoms with Crippen LogP contribution in [0, 0.1) is 5.92 Å². The molecule has 0 bridgehead atoms. The van der Waals surface area contributed by atoms with Gasteiger partial charge in [0.05, 0.1) is 38.5 Å². The fraction of sp³-hybridized carbons (Fsp3) is 0.850. The first-order chi connectivity index (χ1) is 14.9. The number of methoxy groups -OCH3 is 1. The van der Waals surface area contributed by atoms with Crippen LogP contribution in [0.4, 0.5) is 0 Å². The summed E-state index contributed by atoms with van der Waals surface area (Å²) in [5, 5.41) is 51.8. The Morgan fingerprint density at radius 3 is 1.81 bits per heavy atom. The van der Waals surface area contributed by atoms with Crippen LogP contribution in [0.25, 0.3) is 0 Å². The zero-order valence-corrected chi connectivity index (χ0v) is 18.9. The van der Waals surface area contributed by atoms with Gasteiger partial charge in [0, 0.05) is 37.6 Å². The number of hydrogen-bond acceptors (Lipinski definition) is 10. The Kier molecular flexibility index (Phi) is 8.59. The Morgan fingerprint density at radius 2 is 1.31 bits per heavy atom. The van der Waals surface area contributed by atoms with Gasteiger partial charge in [0.25, 0.3) is 0 Å². The third kappa shape index (κ3) is 4.90. The highest BCUT2D eigenvalue weighted by Crippen LogP contribution is 2.55. The molecule has 184 valence electrons. The number of aliphatic hydroxyl groups is 3. The standard InChI is InChI=1S/C20H35N3O9/c1-21(10-7-13(28)32-4)15-14-16(22(2)8-5-11(24)25)19(30)20(14,31)18(17(15)29)23(3)9-6-12(26)27/h14-19,29-31H,5-10H2,1-4H3,(H,24,25)(H,26,27). The van der Waals surface area contributed by atoms with Gasteiger partial charge in [0.1, 0.15) is 11.7 Å². The number of rotatable bonds is 12. The van der Waals surface area contributed by atoms with E-state index in [4.69, 9.17) is 10.2 Å². The minimum Gasteiger partial charge on any atom is -0.481 e. The van der Waals surface area contributed by atoms with Crippen LogP contribution in [0.3, 0.4) is 0 Å². The zero-order chi connectivity index (χ0) is 24.4. The predicted molar refractivity (Wildman–Crippen MR) is 111 cm³/mol. The molecule has 7 atom stereocenters. The van der Waals surface area contributed by atoms with E-state index in [-0.39, 0.29) is 38.9 Å². The molecule has 2 saturated carbocycles. The lowest BCUT2D eigenvalue weighted by Crippen LogP contribution is -2.78. The molecule has 2 aliphatic rings. The number of esters is 1. The maximum Gasteiger partial charge on any atom is 0.306 e. The van der Waals surface area contributed by atoms with Crippen LogP contribution >= 0.6 is 0 Å². The Balaban J connectivity index is 2.32. The second-order valence-electron chi connectivity index (χ2n) is 8.83. The van der Waals surface area contributed by atoms with E-state index >= 15 is 0 Å². The van der Waals surface area contributed by atoms with Crippen molar-refractivity contribution in [2.45, 2.75) is 55.2 Å². The van der Waals surface area contributed by atoms with Gasteiger partial charge in [-0.05, 0) is 21.1 Å². The number of aliphatic carboxylic acids is 2. The van der Waals surface area contributed by atoms with Crippen LogP contribution < -0.4 is 0 Å². The summed E-state index contributed by atoms with van der Waals surface area (Å²) in [7, 11) is 6.19. The first-order valence-corrected chi connectivity index (χ1v) is 10.6. The molecule has 2 fully saturated rings. The molecule has 5 N–H and O–H groups in total. The summed E-state index contributed by atoms with van der Waals surface area (Å²) in [5.74, 6) is -3.12. The van der Waals surface area contributed by atoms with Crippen molar-refractivity contribution >= 4 is 17.9 Å². The summed E-state index contributed by atoms with van der Waals surface area (Å²) in [6.07, 6.45) is -2.74. The first-order valence-electron chi connectivity index (χ1n) is 10.6. The molecule has 0 aromatic rings. The number of carbonyl (C=O) groups is 3. The maximum atomic E-state index is 11.6. The molecule has 2 aliphatic carbocycles. The van der Waals surface area contributed by atoms with Crippen molar-refractivity contribution in [3.05, 3.63) is 0 Å². The average molecular weight is 462 g/mol. The minimum absolute atomic E-state index is 0.0525. The van der Waals surface area contributed by atoms with E-state index in [0.717, 1.165) is 0 Å². The minimum atomic E-state index is -1.74. The van der Waals surface area contributed by atoms with Crippen LogP contribution in [0.15, 0.2) is 0 Å². The molecule has 0 aliphatic heterocycles. The highest BCUT2D eigenvalue weighted by molar-refractivity contribution is 5.69. The summed E-state index contributed by atoms with van der Waals surface area (Å²) in [6, 6.07) is -2.24. The van der Waals surface area contributed by atoms with E-state index in [1.54, 1.807) is 30.9 Å². The van der Waals surface area contributed by atoms with E-state index < -0.39 is 59.8 Å². The van der Waals surface area contributed by atoms with Crippen LogP contribution in [0.2, 0.25) is 0 Å². The van der Waals surface area contributed by atoms with Crippen LogP contribution in [0.1, 0.15) is 19.3 Å². The number of aliphatic hydroxyl groups excluding tert-OH is 2. The molecule has 12 nitrogen and oxygen atoms in total. The molecular formula is C20H35N3O9. The molecule has 0 radical (unpaired) electrons. The number of ether oxygens (including phenoxy) is 1. The van der Waals surface area contributed by atoms with E-state index in [9.17, 15) is 29.7 Å². The summed E-state index contributed by atoms with van der Waals surface area (Å²) in [4.78, 5) is 38.5. The third-order valence-corrected chi connectivity index (χ3v) is 6.96. The smallest absolute Gasteiger partial charge is 0.306 e. The Labute approximate surface area is 187 Å². The van der Waals surface area contributed by atoms with Crippen molar-refractivity contribution in [1.29, 1.82) is 0 Å². The molecule has 32 heavy (non-hydrogen) atoms. The molecule has 7 unspecified atom stereocenters. The van der Waals surface area contributed by atoms with Gasteiger partial charge in [-0.3, -0.25) is 29.1 Å². The molecule has 12 heteroatoms. The van der Waals surface area contributed by atoms with Gasteiger partial charge in [-0.1, -0.05) is 0 Å². The summed E-state index contributed by atoms with van der Waals surface area (Å²) in [5.41, 5.74) is -1.74. The highest BCUT2D eigenvalue weighted by Gasteiger charge is 2.75. The van der Waals surface area contributed by atoms with Gasteiger partial charge in [0.2, 0.25) is 0 Å². The molecule has 0 aromatic heterocycles. The Hall–Kier alpha value is -1.83. The number of hydrogen-bond donors (Lipinski definition) is 5. The number of carboxylic acids is 2. The van der Waals surface area contributed by atoms with Crippen LogP contribution in [0.5, 0.6) is 0 Å². The molecule has 2 rings (SSSR count). The second kappa shape index (κ2) is 10.4. The fourth-order valence-corrected chi connectivity index (χ4v) is 5.36. The van der Waals surface area contributed by atoms with Crippen molar-refractivity contribution in [2.24, 2.45) is 5.92 Å². The van der Waals surface area contributed by atoms with Gasteiger partial charge < -0.3 is 30.3 Å². The van der Waals surface area contributed by atoms with Crippen molar-refractivity contribution in [2.75, 3.05) is 47.9 Å². The summed E-state index contributed by atoms with van der Waals surface area (Å²) in [6.45, 7) is 0.420. The number of carbonyl (C=O) groups excluding carboxylic acids is 1. The number of fused-ring (bicyclic) bond motifs is 1. The molecule has 0 heterocycles. The lowest BCUT2D eigenvalue weighted by atomic mass is 9.61. The SMILES string of the molecule is COC(=O)CCN(C)C1C(O)C(N(C)CCC(=O)O)C2(O)C(O)C(N(C)CCC(=O)O)C12. The lowest BCUT2D eigenvalue weighted by molar-refractivity contribution is -0.249. The van der Waals surface area contributed by atoms with Gasteiger partial charge in [-0.25, -0.2) is 0 Å². The predicted octanol–water partition coefficient (Wildman–Crippen LogP) is -2.50. The second-order valence-corrected chi connectivity index (χ2v) is 8.83. The summed E-state index contributed by atoms with van der Waals surface area (Å²) >= 11 is 0. The van der Waals surface area contributed by atoms with E-state index in [2.05, 4.69) is 4.74 Å². The van der Waals surface area contributed by atoms with Crippen molar-refractivity contribution in [1.82, 2.24) is 14.7 Å². The highest BCUT2D eigenvalue weighted by atomic mass is 16.5. The normalized spacial score (nSPS) is 33.9. The lowest BCUT2D eigenvalue weighted by Gasteiger charge is -2.59. The molecule has 0 amide bonds. The number of nitrogens with zero attached hydrogens (tertiary/aromatic N) is 3. The monoisotopic (exact) mass is 461 g/mol. The Bertz CT molecular complexity index is 708. The van der Waals surface area contributed by atoms with Crippen molar-refractivity contribution in [3.63, 3.8) is 0 Å². The molecule has 0 spiro atoms. The molecular weight excluding hydrogens is 426 g/mol. The van der Waals surface area contributed by atoms with E-state index in [1.807, 2.05) is 0 Å². The van der Waals surface area contributed by atoms with Gasteiger partial charge in [-0.2, -0.15) is 0 Å². The van der Waals surface area contributed by atoms with Crippen LogP contribution in [-0.2, 0) is 19.1 Å². The van der Waals surface area contributed by atoms with E-state index in [1.165, 1.54) is 12.0 Å². The summed E-state index contributed by atoms with van der Waals surface area (Å²) < 4.78 is 4.67. The molecule has 0 aromatic carbocycles. The number of carboxylic acid groups (broad SMARTS) is 2. The van der Waals surface area contributed by atoms with E-state index in [0.29, 0.717) is 0 Å². The van der Waals surface area contributed by atoms with Crippen LogP contribution in [-0.4, -0.2) is 142 Å². The fourth-order valence-electron chi connectivity index (χ4n) is 5.36. The number of likely N-dealkylation sites (N-methyl/N-ethyl adjacent to an activating group) is 3. The van der Waals surface area contributed by atoms with Crippen molar-refractivity contribution in [3.8, 4) is 0 Å².